The Balaban J connectivity index is 2.97. The molecule has 0 saturated heterocycles. The van der Waals surface area contributed by atoms with E-state index in [1.54, 1.807) is 6.07 Å². The summed E-state index contributed by atoms with van der Waals surface area (Å²) < 4.78 is 6.93. The molecular formula is C16H25IO4Si. The molecule has 0 aliphatic rings. The minimum atomic E-state index is -1.89. The highest BCUT2D eigenvalue weighted by Gasteiger charge is 2.37. The van der Waals surface area contributed by atoms with Gasteiger partial charge in [-0.05, 0) is 70.4 Å². The number of carboxylic acids is 1. The van der Waals surface area contributed by atoms with E-state index in [2.05, 4.69) is 56.5 Å². The van der Waals surface area contributed by atoms with Crippen LogP contribution in [0.4, 0.5) is 0 Å². The lowest BCUT2D eigenvalue weighted by atomic mass is 10.0. The van der Waals surface area contributed by atoms with Gasteiger partial charge in [0.25, 0.3) is 0 Å². The smallest absolute Gasteiger partial charge is 0.303 e. The van der Waals surface area contributed by atoms with E-state index < -0.39 is 14.3 Å². The van der Waals surface area contributed by atoms with E-state index in [4.69, 9.17) is 9.53 Å². The molecule has 0 heterocycles. The minimum absolute atomic E-state index is 0.0773. The van der Waals surface area contributed by atoms with Crippen molar-refractivity contribution in [2.45, 2.75) is 58.4 Å². The molecule has 124 valence electrons. The molecule has 6 heteroatoms. The number of carboxylic acid groups (broad SMARTS) is 1. The third kappa shape index (κ3) is 5.24. The van der Waals surface area contributed by atoms with Gasteiger partial charge in [0.1, 0.15) is 5.75 Å². The first-order valence-corrected chi connectivity index (χ1v) is 11.3. The molecule has 0 aromatic heterocycles. The van der Waals surface area contributed by atoms with Crippen molar-refractivity contribution in [3.05, 3.63) is 26.8 Å². The second-order valence-electron chi connectivity index (χ2n) is 7.02. The highest BCUT2D eigenvalue weighted by atomic mass is 127. The van der Waals surface area contributed by atoms with Crippen molar-refractivity contribution in [2.24, 2.45) is 0 Å². The van der Waals surface area contributed by atoms with Crippen molar-refractivity contribution >= 4 is 36.9 Å². The SMILES string of the molecule is CC(C)(C)[Si](C)(C)OCc1cc(O)c(I)cc1CCC(=O)O. The third-order valence-electron chi connectivity index (χ3n) is 4.27. The molecular weight excluding hydrogens is 411 g/mol. The van der Waals surface area contributed by atoms with Crippen molar-refractivity contribution in [2.75, 3.05) is 0 Å². The van der Waals surface area contributed by atoms with E-state index in [9.17, 15) is 9.90 Å². The molecule has 0 radical (unpaired) electrons. The molecule has 1 rings (SSSR count). The fourth-order valence-corrected chi connectivity index (χ4v) is 3.21. The second-order valence-corrected chi connectivity index (χ2v) is 13.0. The molecule has 0 aliphatic carbocycles. The predicted octanol–water partition coefficient (Wildman–Crippen LogP) is 4.54. The molecule has 1 aromatic rings. The van der Waals surface area contributed by atoms with Crippen LogP contribution in [-0.2, 0) is 22.2 Å². The molecule has 0 saturated carbocycles. The number of rotatable bonds is 6. The normalized spacial score (nSPS) is 12.5. The van der Waals surface area contributed by atoms with Crippen LogP contribution in [0.15, 0.2) is 12.1 Å². The summed E-state index contributed by atoms with van der Waals surface area (Å²) in [7, 11) is -1.89. The van der Waals surface area contributed by atoms with Crippen molar-refractivity contribution in [3.8, 4) is 5.75 Å². The van der Waals surface area contributed by atoms with Crippen LogP contribution in [0.25, 0.3) is 0 Å². The number of halogens is 1. The molecule has 2 N–H and O–H groups in total. The molecule has 0 aliphatic heterocycles. The molecule has 0 fully saturated rings. The summed E-state index contributed by atoms with van der Waals surface area (Å²) in [5, 5.41) is 18.9. The maximum absolute atomic E-state index is 10.8. The number of aliphatic carboxylic acids is 1. The molecule has 0 amide bonds. The topological polar surface area (TPSA) is 66.8 Å². The summed E-state index contributed by atoms with van der Waals surface area (Å²) in [5.41, 5.74) is 1.81. The summed E-state index contributed by atoms with van der Waals surface area (Å²) in [6, 6.07) is 3.55. The van der Waals surface area contributed by atoms with Gasteiger partial charge in [-0.3, -0.25) is 4.79 Å². The monoisotopic (exact) mass is 436 g/mol. The fourth-order valence-electron chi connectivity index (χ4n) is 1.73. The number of aromatic hydroxyl groups is 1. The van der Waals surface area contributed by atoms with Gasteiger partial charge in [-0.15, -0.1) is 0 Å². The van der Waals surface area contributed by atoms with Crippen LogP contribution in [0.2, 0.25) is 18.1 Å². The van der Waals surface area contributed by atoms with E-state index in [1.807, 2.05) is 6.07 Å². The van der Waals surface area contributed by atoms with Crippen molar-refractivity contribution in [1.82, 2.24) is 0 Å². The maximum atomic E-state index is 10.8. The van der Waals surface area contributed by atoms with Crippen LogP contribution < -0.4 is 0 Å². The highest BCUT2D eigenvalue weighted by Crippen LogP contribution is 2.37. The number of hydrogen-bond donors (Lipinski definition) is 2. The number of hydrogen-bond acceptors (Lipinski definition) is 3. The molecule has 22 heavy (non-hydrogen) atoms. The van der Waals surface area contributed by atoms with Gasteiger partial charge in [0, 0.05) is 6.42 Å². The van der Waals surface area contributed by atoms with E-state index >= 15 is 0 Å². The summed E-state index contributed by atoms with van der Waals surface area (Å²) >= 11 is 2.05. The number of phenolic OH excluding ortho intramolecular Hbond substituents is 1. The van der Waals surface area contributed by atoms with E-state index in [0.29, 0.717) is 13.0 Å². The van der Waals surface area contributed by atoms with Crippen molar-refractivity contribution in [3.63, 3.8) is 0 Å². The molecule has 0 spiro atoms. The average Bonchev–Trinajstić information content (AvgIpc) is 2.36. The zero-order valence-corrected chi connectivity index (χ0v) is 17.0. The van der Waals surface area contributed by atoms with E-state index in [0.717, 1.165) is 14.7 Å². The van der Waals surface area contributed by atoms with Crippen molar-refractivity contribution < 1.29 is 19.4 Å². The van der Waals surface area contributed by atoms with E-state index in [-0.39, 0.29) is 17.2 Å². The lowest BCUT2D eigenvalue weighted by Gasteiger charge is -2.36. The number of phenols is 1. The first-order valence-electron chi connectivity index (χ1n) is 7.30. The number of aryl methyl sites for hydroxylation is 1. The third-order valence-corrected chi connectivity index (χ3v) is 9.61. The molecule has 1 aromatic carbocycles. The van der Waals surface area contributed by atoms with Gasteiger partial charge in [-0.1, -0.05) is 20.8 Å². The number of carbonyl (C=O) groups is 1. The first-order chi connectivity index (χ1) is 9.94. The molecule has 0 unspecified atom stereocenters. The van der Waals surface area contributed by atoms with Gasteiger partial charge in [-0.25, -0.2) is 0 Å². The Labute approximate surface area is 147 Å². The summed E-state index contributed by atoms with van der Waals surface area (Å²) in [5.74, 6) is -0.604. The molecule has 0 bridgehead atoms. The summed E-state index contributed by atoms with van der Waals surface area (Å²) in [6.07, 6.45) is 0.524. The minimum Gasteiger partial charge on any atom is -0.507 e. The summed E-state index contributed by atoms with van der Waals surface area (Å²) in [4.78, 5) is 10.8. The van der Waals surface area contributed by atoms with Crippen LogP contribution >= 0.6 is 22.6 Å². The lowest BCUT2D eigenvalue weighted by molar-refractivity contribution is -0.136. The average molecular weight is 436 g/mol. The van der Waals surface area contributed by atoms with Gasteiger partial charge < -0.3 is 14.6 Å². The summed E-state index contributed by atoms with van der Waals surface area (Å²) in [6.45, 7) is 11.3. The van der Waals surface area contributed by atoms with Gasteiger partial charge >= 0.3 is 5.97 Å². The predicted molar refractivity (Wildman–Crippen MR) is 98.8 cm³/mol. The lowest BCUT2D eigenvalue weighted by Crippen LogP contribution is -2.40. The number of benzene rings is 1. The molecule has 4 nitrogen and oxygen atoms in total. The van der Waals surface area contributed by atoms with Crippen LogP contribution in [0.1, 0.15) is 38.3 Å². The Morgan fingerprint density at radius 3 is 2.36 bits per heavy atom. The molecule has 0 atom stereocenters. The van der Waals surface area contributed by atoms with Crippen molar-refractivity contribution in [1.29, 1.82) is 0 Å². The zero-order chi connectivity index (χ0) is 17.1. The highest BCUT2D eigenvalue weighted by molar-refractivity contribution is 14.1. The Hall–Kier alpha value is -0.603. The van der Waals surface area contributed by atoms with Gasteiger partial charge in [0.05, 0.1) is 10.2 Å². The van der Waals surface area contributed by atoms with Crippen LogP contribution in [0.3, 0.4) is 0 Å². The Bertz CT molecular complexity index is 550. The fraction of sp³-hybridized carbons (Fsp3) is 0.562. The zero-order valence-electron chi connectivity index (χ0n) is 13.9. The van der Waals surface area contributed by atoms with Gasteiger partial charge in [0.2, 0.25) is 0 Å². The van der Waals surface area contributed by atoms with Crippen LogP contribution in [0.5, 0.6) is 5.75 Å². The van der Waals surface area contributed by atoms with E-state index in [1.165, 1.54) is 0 Å². The Kier molecular flexibility index (Phi) is 6.46. The largest absolute Gasteiger partial charge is 0.507 e. The standard InChI is InChI=1S/C16H25IO4Si/c1-16(2,3)22(4,5)21-10-12-9-14(18)13(17)8-11(12)6-7-15(19)20/h8-9,18H,6-7,10H2,1-5H3,(H,19,20). The van der Waals surface area contributed by atoms with Crippen LogP contribution in [0, 0.1) is 3.57 Å². The van der Waals surface area contributed by atoms with Crippen LogP contribution in [-0.4, -0.2) is 24.5 Å². The van der Waals surface area contributed by atoms with Gasteiger partial charge in [0.15, 0.2) is 8.32 Å². The second kappa shape index (κ2) is 7.31. The Morgan fingerprint density at radius 1 is 1.27 bits per heavy atom. The quantitative estimate of drug-likeness (QED) is 0.508. The maximum Gasteiger partial charge on any atom is 0.303 e. The first kappa shape index (κ1) is 19.4. The Morgan fingerprint density at radius 2 is 1.86 bits per heavy atom. The van der Waals surface area contributed by atoms with Gasteiger partial charge in [-0.2, -0.15) is 0 Å².